The monoisotopic (exact) mass is 424 g/mol. The third-order valence-electron chi connectivity index (χ3n) is 3.64. The van der Waals surface area contributed by atoms with Crippen LogP contribution in [0.1, 0.15) is 10.6 Å². The second-order valence-corrected chi connectivity index (χ2v) is 8.69. The number of nitrogens with one attached hydrogen (secondary N) is 1. The van der Waals surface area contributed by atoms with Crippen molar-refractivity contribution in [1.29, 1.82) is 0 Å². The molecule has 0 spiro atoms. The number of hydrogen-bond donors (Lipinski definition) is 1. The molecule has 0 aliphatic rings. The molecule has 140 valence electrons. The van der Waals surface area contributed by atoms with Crippen LogP contribution >= 0.6 is 22.9 Å². The molecule has 0 saturated carbocycles. The lowest BCUT2D eigenvalue weighted by Gasteiger charge is -2.07. The molecule has 1 aromatic carbocycles. The van der Waals surface area contributed by atoms with Crippen LogP contribution in [0, 0.1) is 17.0 Å². The van der Waals surface area contributed by atoms with E-state index in [1.54, 1.807) is 25.4 Å². The summed E-state index contributed by atoms with van der Waals surface area (Å²) in [7, 11) is -4.04. The zero-order chi connectivity index (χ0) is 19.6. The maximum Gasteiger partial charge on any atom is 0.270 e. The van der Waals surface area contributed by atoms with Crippen LogP contribution in [0.2, 0.25) is 5.02 Å². The minimum atomic E-state index is -4.04. The van der Waals surface area contributed by atoms with E-state index < -0.39 is 14.9 Å². The SMILES string of the molecule is Cc1nc(-c2cccnc2)sc1CNS(=O)(=O)c1cc([N+](=O)[O-])ccc1Cl. The summed E-state index contributed by atoms with van der Waals surface area (Å²) in [6, 6.07) is 6.92. The van der Waals surface area contributed by atoms with Gasteiger partial charge in [0.2, 0.25) is 10.0 Å². The number of nitro benzene ring substituents is 1. The molecule has 3 rings (SSSR count). The van der Waals surface area contributed by atoms with Crippen LogP contribution in [0.4, 0.5) is 5.69 Å². The Morgan fingerprint density at radius 2 is 2.11 bits per heavy atom. The van der Waals surface area contributed by atoms with Gasteiger partial charge >= 0.3 is 0 Å². The molecule has 1 N–H and O–H groups in total. The Labute approximate surface area is 164 Å². The Bertz CT molecular complexity index is 1100. The van der Waals surface area contributed by atoms with Crippen LogP contribution in [-0.4, -0.2) is 23.3 Å². The zero-order valence-electron chi connectivity index (χ0n) is 13.9. The van der Waals surface area contributed by atoms with Gasteiger partial charge in [-0.2, -0.15) is 0 Å². The quantitative estimate of drug-likeness (QED) is 0.478. The minimum Gasteiger partial charge on any atom is -0.264 e. The first-order valence-corrected chi connectivity index (χ1v) is 10.3. The second-order valence-electron chi connectivity index (χ2n) is 5.47. The average Bonchev–Trinajstić information content (AvgIpc) is 3.02. The first kappa shape index (κ1) is 19.4. The lowest BCUT2D eigenvalue weighted by Crippen LogP contribution is -2.23. The Balaban J connectivity index is 1.83. The van der Waals surface area contributed by atoms with Gasteiger partial charge in [0.05, 0.1) is 15.6 Å². The molecule has 2 heterocycles. The summed E-state index contributed by atoms with van der Waals surface area (Å²) in [6.07, 6.45) is 3.33. The third kappa shape index (κ3) is 4.30. The van der Waals surface area contributed by atoms with Crippen molar-refractivity contribution >= 4 is 38.6 Å². The second kappa shape index (κ2) is 7.69. The molecule has 0 amide bonds. The number of nitrogens with zero attached hydrogens (tertiary/aromatic N) is 3. The predicted molar refractivity (Wildman–Crippen MR) is 102 cm³/mol. The van der Waals surface area contributed by atoms with Gasteiger partial charge in [-0.05, 0) is 25.1 Å². The van der Waals surface area contributed by atoms with Crippen molar-refractivity contribution in [2.45, 2.75) is 18.4 Å². The normalized spacial score (nSPS) is 11.5. The maximum absolute atomic E-state index is 12.5. The standard InChI is InChI=1S/C16H13ClN4O4S2/c1-10-14(26-16(20-10)11-3-2-6-18-8-11)9-19-27(24,25)15-7-12(21(22)23)4-5-13(15)17/h2-8,19H,9H2,1H3. The van der Waals surface area contributed by atoms with Gasteiger partial charge in [-0.3, -0.25) is 15.1 Å². The maximum atomic E-state index is 12.5. The molecule has 3 aromatic rings. The van der Waals surface area contributed by atoms with E-state index >= 15 is 0 Å². The molecule has 0 unspecified atom stereocenters. The van der Waals surface area contributed by atoms with E-state index in [0.717, 1.165) is 27.6 Å². The fraction of sp³-hybridized carbons (Fsp3) is 0.125. The minimum absolute atomic E-state index is 0.00881. The summed E-state index contributed by atoms with van der Waals surface area (Å²) >= 11 is 7.27. The first-order chi connectivity index (χ1) is 12.8. The van der Waals surface area contributed by atoms with Gasteiger partial charge in [-0.15, -0.1) is 11.3 Å². The number of rotatable bonds is 6. The summed E-state index contributed by atoms with van der Waals surface area (Å²) < 4.78 is 27.5. The lowest BCUT2D eigenvalue weighted by molar-refractivity contribution is -0.385. The van der Waals surface area contributed by atoms with E-state index in [0.29, 0.717) is 5.69 Å². The van der Waals surface area contributed by atoms with Crippen LogP contribution in [0.3, 0.4) is 0 Å². The molecule has 0 aliphatic heterocycles. The zero-order valence-corrected chi connectivity index (χ0v) is 16.3. The van der Waals surface area contributed by atoms with E-state index in [2.05, 4.69) is 14.7 Å². The highest BCUT2D eigenvalue weighted by atomic mass is 35.5. The predicted octanol–water partition coefficient (Wildman–Crippen LogP) is 3.55. The topological polar surface area (TPSA) is 115 Å². The van der Waals surface area contributed by atoms with Crippen LogP contribution < -0.4 is 4.72 Å². The van der Waals surface area contributed by atoms with Crippen molar-refractivity contribution in [2.24, 2.45) is 0 Å². The molecule has 0 aliphatic carbocycles. The largest absolute Gasteiger partial charge is 0.270 e. The highest BCUT2D eigenvalue weighted by Gasteiger charge is 2.22. The van der Waals surface area contributed by atoms with E-state index in [9.17, 15) is 18.5 Å². The van der Waals surface area contributed by atoms with Gasteiger partial charge in [0.1, 0.15) is 9.90 Å². The Morgan fingerprint density at radius 3 is 2.78 bits per heavy atom. The smallest absolute Gasteiger partial charge is 0.264 e. The number of aromatic nitrogens is 2. The van der Waals surface area contributed by atoms with Gasteiger partial charge < -0.3 is 0 Å². The number of non-ortho nitro benzene ring substituents is 1. The summed E-state index contributed by atoms with van der Waals surface area (Å²) in [4.78, 5) is 19.1. The summed E-state index contributed by atoms with van der Waals surface area (Å²) in [5.41, 5.74) is 1.17. The molecule has 0 fully saturated rings. The first-order valence-electron chi connectivity index (χ1n) is 7.58. The Kier molecular flexibility index (Phi) is 5.51. The fourth-order valence-corrected chi connectivity index (χ4v) is 4.85. The number of halogens is 1. The highest BCUT2D eigenvalue weighted by Crippen LogP contribution is 2.29. The van der Waals surface area contributed by atoms with Crippen molar-refractivity contribution < 1.29 is 13.3 Å². The molecule has 0 radical (unpaired) electrons. The lowest BCUT2D eigenvalue weighted by atomic mass is 10.3. The molecule has 27 heavy (non-hydrogen) atoms. The molecule has 0 saturated heterocycles. The summed E-state index contributed by atoms with van der Waals surface area (Å²) in [5, 5.41) is 11.5. The van der Waals surface area contributed by atoms with Crippen LogP contribution in [0.25, 0.3) is 10.6 Å². The van der Waals surface area contributed by atoms with Gasteiger partial charge in [0.25, 0.3) is 5.69 Å². The summed E-state index contributed by atoms with van der Waals surface area (Å²) in [5.74, 6) is 0. The molecule has 8 nitrogen and oxygen atoms in total. The molecule has 0 bridgehead atoms. The molecular formula is C16H13ClN4O4S2. The number of nitro groups is 1. The summed E-state index contributed by atoms with van der Waals surface area (Å²) in [6.45, 7) is 1.77. The number of hydrogen-bond acceptors (Lipinski definition) is 7. The molecule has 0 atom stereocenters. The molecule has 2 aromatic heterocycles. The van der Waals surface area contributed by atoms with Crippen LogP contribution in [0.5, 0.6) is 0 Å². The highest BCUT2D eigenvalue weighted by molar-refractivity contribution is 7.89. The van der Waals surface area contributed by atoms with E-state index in [-0.39, 0.29) is 22.2 Å². The number of pyridine rings is 1. The number of sulfonamides is 1. The number of aryl methyl sites for hydroxylation is 1. The fourth-order valence-electron chi connectivity index (χ4n) is 2.25. The van der Waals surface area contributed by atoms with Crippen molar-refractivity contribution in [3.05, 3.63) is 68.4 Å². The van der Waals surface area contributed by atoms with Gasteiger partial charge in [-0.1, -0.05) is 11.6 Å². The average molecular weight is 425 g/mol. The van der Waals surface area contributed by atoms with Gasteiger partial charge in [0, 0.05) is 41.5 Å². The number of benzene rings is 1. The van der Waals surface area contributed by atoms with Gasteiger partial charge in [0.15, 0.2) is 0 Å². The van der Waals surface area contributed by atoms with Crippen LogP contribution in [0.15, 0.2) is 47.6 Å². The molecule has 11 heteroatoms. The van der Waals surface area contributed by atoms with Crippen molar-refractivity contribution in [3.8, 4) is 10.6 Å². The van der Waals surface area contributed by atoms with Crippen LogP contribution in [-0.2, 0) is 16.6 Å². The third-order valence-corrected chi connectivity index (χ3v) is 6.73. The van der Waals surface area contributed by atoms with E-state index in [1.807, 2.05) is 6.07 Å². The Hall–Kier alpha value is -2.40. The van der Waals surface area contributed by atoms with E-state index in [4.69, 9.17) is 11.6 Å². The number of thiazole rings is 1. The van der Waals surface area contributed by atoms with E-state index in [1.165, 1.54) is 17.4 Å². The molecular weight excluding hydrogens is 412 g/mol. The van der Waals surface area contributed by atoms with Crippen molar-refractivity contribution in [2.75, 3.05) is 0 Å². The van der Waals surface area contributed by atoms with Gasteiger partial charge in [-0.25, -0.2) is 18.1 Å². The van der Waals surface area contributed by atoms with Crippen molar-refractivity contribution in [1.82, 2.24) is 14.7 Å². The Morgan fingerprint density at radius 1 is 1.33 bits per heavy atom. The van der Waals surface area contributed by atoms with Crippen molar-refractivity contribution in [3.63, 3.8) is 0 Å².